The molecule has 3 aromatic rings. The largest absolute Gasteiger partial charge is 0.497 e. The minimum Gasteiger partial charge on any atom is -0.497 e. The topological polar surface area (TPSA) is 107 Å². The van der Waals surface area contributed by atoms with E-state index in [1.807, 2.05) is 18.2 Å². The zero-order valence-electron chi connectivity index (χ0n) is 17.0. The number of pyridine rings is 1. The Hall–Kier alpha value is -3.62. The van der Waals surface area contributed by atoms with Crippen LogP contribution in [0.25, 0.3) is 11.0 Å². The predicted octanol–water partition coefficient (Wildman–Crippen LogP) is 1.62. The molecule has 0 bridgehead atoms. The Morgan fingerprint density at radius 2 is 2.00 bits per heavy atom. The van der Waals surface area contributed by atoms with Crippen molar-refractivity contribution < 1.29 is 14.3 Å². The second kappa shape index (κ2) is 7.66. The molecule has 1 N–H and O–H groups in total. The van der Waals surface area contributed by atoms with Crippen LogP contribution in [-0.4, -0.2) is 46.1 Å². The van der Waals surface area contributed by atoms with Crippen molar-refractivity contribution in [3.63, 3.8) is 0 Å². The molecular weight excluding hydrogens is 388 g/mol. The van der Waals surface area contributed by atoms with E-state index in [0.29, 0.717) is 23.6 Å². The SMILES string of the molecule is COc1ccc(OC)c([C@@H]2CCCN2C(=O)c2cnc3c(c2)c(=O)[nH]c(=O)n3C)c1. The second-order valence-electron chi connectivity index (χ2n) is 7.18. The molecule has 30 heavy (non-hydrogen) atoms. The Labute approximate surface area is 171 Å². The molecule has 1 aliphatic rings. The fourth-order valence-electron chi connectivity index (χ4n) is 3.95. The first kappa shape index (κ1) is 19.7. The number of H-pyrrole nitrogens is 1. The molecule has 2 aromatic heterocycles. The number of carbonyl (C=O) groups excluding carboxylic acids is 1. The first-order valence-corrected chi connectivity index (χ1v) is 9.56. The van der Waals surface area contributed by atoms with E-state index >= 15 is 0 Å². The van der Waals surface area contributed by atoms with Crippen molar-refractivity contribution in [1.29, 1.82) is 0 Å². The van der Waals surface area contributed by atoms with E-state index in [0.717, 1.165) is 18.4 Å². The monoisotopic (exact) mass is 410 g/mol. The van der Waals surface area contributed by atoms with Crippen LogP contribution in [0, 0.1) is 0 Å². The van der Waals surface area contributed by atoms with Crippen LogP contribution in [0.3, 0.4) is 0 Å². The minimum atomic E-state index is -0.567. The summed E-state index contributed by atoms with van der Waals surface area (Å²) in [5.41, 5.74) is 0.274. The number of carbonyl (C=O) groups is 1. The number of nitrogens with zero attached hydrogens (tertiary/aromatic N) is 3. The lowest BCUT2D eigenvalue weighted by atomic mass is 10.0. The summed E-state index contributed by atoms with van der Waals surface area (Å²) in [6.45, 7) is 0.575. The van der Waals surface area contributed by atoms with Crippen molar-refractivity contribution in [2.24, 2.45) is 7.05 Å². The molecule has 3 heterocycles. The fraction of sp³-hybridized carbons (Fsp3) is 0.333. The van der Waals surface area contributed by atoms with Crippen LogP contribution in [0.15, 0.2) is 40.1 Å². The molecule has 9 heteroatoms. The molecule has 0 spiro atoms. The van der Waals surface area contributed by atoms with Crippen LogP contribution in [-0.2, 0) is 7.05 Å². The number of rotatable bonds is 4. The first-order valence-electron chi connectivity index (χ1n) is 9.56. The van der Waals surface area contributed by atoms with E-state index in [1.54, 1.807) is 19.1 Å². The number of nitrogens with one attached hydrogen (secondary N) is 1. The van der Waals surface area contributed by atoms with Gasteiger partial charge in [0.2, 0.25) is 0 Å². The molecule has 9 nitrogen and oxygen atoms in total. The van der Waals surface area contributed by atoms with E-state index in [-0.39, 0.29) is 23.0 Å². The van der Waals surface area contributed by atoms with Gasteiger partial charge in [0.25, 0.3) is 11.5 Å². The summed E-state index contributed by atoms with van der Waals surface area (Å²) in [5, 5.41) is 0.192. The molecule has 4 rings (SSSR count). The number of aromatic amines is 1. The van der Waals surface area contributed by atoms with Gasteiger partial charge in [0.15, 0.2) is 0 Å². The summed E-state index contributed by atoms with van der Waals surface area (Å²) >= 11 is 0. The highest BCUT2D eigenvalue weighted by Crippen LogP contribution is 2.39. The molecule has 0 aliphatic carbocycles. The van der Waals surface area contributed by atoms with Gasteiger partial charge in [-0.2, -0.15) is 0 Å². The van der Waals surface area contributed by atoms with Crippen molar-refractivity contribution in [2.45, 2.75) is 18.9 Å². The number of ether oxygens (including phenoxy) is 2. The third-order valence-corrected chi connectivity index (χ3v) is 5.51. The van der Waals surface area contributed by atoms with Crippen molar-refractivity contribution >= 4 is 16.9 Å². The van der Waals surface area contributed by atoms with Crippen LogP contribution in [0.1, 0.15) is 34.8 Å². The molecule has 1 saturated heterocycles. The number of hydrogen-bond donors (Lipinski definition) is 1. The molecule has 1 aliphatic heterocycles. The van der Waals surface area contributed by atoms with Crippen LogP contribution < -0.4 is 20.7 Å². The lowest BCUT2D eigenvalue weighted by molar-refractivity contribution is 0.0733. The maximum atomic E-state index is 13.3. The van der Waals surface area contributed by atoms with Gasteiger partial charge in [-0.1, -0.05) is 0 Å². The van der Waals surface area contributed by atoms with Crippen LogP contribution in [0.5, 0.6) is 11.5 Å². The van der Waals surface area contributed by atoms with Gasteiger partial charge in [-0.3, -0.25) is 19.1 Å². The quantitative estimate of drug-likeness (QED) is 0.701. The summed E-state index contributed by atoms with van der Waals surface area (Å²) in [6.07, 6.45) is 3.03. The number of aryl methyl sites for hydroxylation is 1. The van der Waals surface area contributed by atoms with Gasteiger partial charge in [0, 0.05) is 25.4 Å². The Bertz CT molecular complexity index is 1250. The van der Waals surface area contributed by atoms with Gasteiger partial charge < -0.3 is 14.4 Å². The molecule has 1 aromatic carbocycles. The number of likely N-dealkylation sites (tertiary alicyclic amines) is 1. The standard InChI is InChI=1S/C21H22N4O5/c1-24-18-15(19(26)23-21(24)28)9-12(11-22-18)20(27)25-8-4-5-16(25)14-10-13(29-2)6-7-17(14)30-3/h6-7,9-11,16H,4-5,8H2,1-3H3,(H,23,26,28)/t16-/m0/s1. The number of aromatic nitrogens is 3. The Balaban J connectivity index is 1.75. The van der Waals surface area contributed by atoms with Crippen molar-refractivity contribution in [1.82, 2.24) is 19.4 Å². The number of fused-ring (bicyclic) bond motifs is 1. The molecule has 0 saturated carbocycles. The van der Waals surface area contributed by atoms with E-state index in [4.69, 9.17) is 9.47 Å². The summed E-state index contributed by atoms with van der Waals surface area (Å²) < 4.78 is 12.1. The van der Waals surface area contributed by atoms with Gasteiger partial charge in [-0.25, -0.2) is 9.78 Å². The summed E-state index contributed by atoms with van der Waals surface area (Å²) in [7, 11) is 4.70. The van der Waals surface area contributed by atoms with Crippen molar-refractivity contribution in [3.8, 4) is 11.5 Å². The molecule has 1 fully saturated rings. The minimum absolute atomic E-state index is 0.184. The van der Waals surface area contributed by atoms with E-state index in [1.165, 1.54) is 23.9 Å². The molecule has 1 amide bonds. The molecular formula is C21H22N4O5. The van der Waals surface area contributed by atoms with E-state index in [2.05, 4.69) is 9.97 Å². The third kappa shape index (κ3) is 3.22. The average Bonchev–Trinajstić information content (AvgIpc) is 3.26. The fourth-order valence-corrected chi connectivity index (χ4v) is 3.95. The van der Waals surface area contributed by atoms with Gasteiger partial charge in [0.05, 0.1) is 31.2 Å². The maximum absolute atomic E-state index is 13.3. The van der Waals surface area contributed by atoms with Crippen LogP contribution in [0.2, 0.25) is 0 Å². The summed E-state index contributed by atoms with van der Waals surface area (Å²) in [6, 6.07) is 6.83. The third-order valence-electron chi connectivity index (χ3n) is 5.51. The highest BCUT2D eigenvalue weighted by molar-refractivity contribution is 5.97. The number of hydrogen-bond acceptors (Lipinski definition) is 6. The molecule has 1 atom stereocenters. The smallest absolute Gasteiger partial charge is 0.329 e. The normalized spacial score (nSPS) is 16.1. The molecule has 0 unspecified atom stereocenters. The lowest BCUT2D eigenvalue weighted by Crippen LogP contribution is -2.32. The first-order chi connectivity index (χ1) is 14.4. The summed E-state index contributed by atoms with van der Waals surface area (Å²) in [5.74, 6) is 1.14. The molecule has 0 radical (unpaired) electrons. The zero-order valence-corrected chi connectivity index (χ0v) is 17.0. The van der Waals surface area contributed by atoms with E-state index < -0.39 is 11.2 Å². The van der Waals surface area contributed by atoms with E-state index in [9.17, 15) is 14.4 Å². The maximum Gasteiger partial charge on any atom is 0.329 e. The average molecular weight is 410 g/mol. The Morgan fingerprint density at radius 1 is 1.20 bits per heavy atom. The lowest BCUT2D eigenvalue weighted by Gasteiger charge is -2.26. The van der Waals surface area contributed by atoms with Crippen LogP contribution >= 0.6 is 0 Å². The predicted molar refractivity (Wildman–Crippen MR) is 110 cm³/mol. The van der Waals surface area contributed by atoms with Crippen molar-refractivity contribution in [3.05, 3.63) is 62.4 Å². The highest BCUT2D eigenvalue weighted by atomic mass is 16.5. The molecule has 156 valence electrons. The Morgan fingerprint density at radius 3 is 2.73 bits per heavy atom. The van der Waals surface area contributed by atoms with Crippen LogP contribution in [0.4, 0.5) is 0 Å². The Kier molecular flexibility index (Phi) is 5.03. The second-order valence-corrected chi connectivity index (χ2v) is 7.18. The number of benzene rings is 1. The highest BCUT2D eigenvalue weighted by Gasteiger charge is 2.33. The van der Waals surface area contributed by atoms with Gasteiger partial charge in [-0.15, -0.1) is 0 Å². The summed E-state index contributed by atoms with van der Waals surface area (Å²) in [4.78, 5) is 45.5. The zero-order chi connectivity index (χ0) is 21.4. The van der Waals surface area contributed by atoms with Crippen molar-refractivity contribution in [2.75, 3.05) is 20.8 Å². The van der Waals surface area contributed by atoms with Gasteiger partial charge in [-0.05, 0) is 37.1 Å². The number of amides is 1. The van der Waals surface area contributed by atoms with Gasteiger partial charge >= 0.3 is 5.69 Å². The number of methoxy groups -OCH3 is 2. The van der Waals surface area contributed by atoms with Gasteiger partial charge in [0.1, 0.15) is 17.1 Å².